The lowest BCUT2D eigenvalue weighted by molar-refractivity contribution is 0.371. The van der Waals surface area contributed by atoms with E-state index in [1.165, 1.54) is 37.7 Å². The number of nitrogens with two attached hydrogens (primary N) is 1. The molecule has 28 heavy (non-hydrogen) atoms. The first kappa shape index (κ1) is 20.5. The summed E-state index contributed by atoms with van der Waals surface area (Å²) >= 11 is 0. The van der Waals surface area contributed by atoms with E-state index < -0.39 is 5.82 Å². The van der Waals surface area contributed by atoms with Crippen LogP contribution in [-0.4, -0.2) is 29.1 Å². The van der Waals surface area contributed by atoms with Gasteiger partial charge in [-0.15, -0.1) is 0 Å². The van der Waals surface area contributed by atoms with Crippen LogP contribution in [0, 0.1) is 5.82 Å². The second-order valence-corrected chi connectivity index (χ2v) is 7.42. The third-order valence-electron chi connectivity index (χ3n) is 5.14. The van der Waals surface area contributed by atoms with Gasteiger partial charge in [-0.3, -0.25) is 0 Å². The second-order valence-electron chi connectivity index (χ2n) is 7.42. The van der Waals surface area contributed by atoms with Crippen molar-refractivity contribution in [1.29, 1.82) is 0 Å². The highest BCUT2D eigenvalue weighted by Crippen LogP contribution is 2.17. The van der Waals surface area contributed by atoms with E-state index in [2.05, 4.69) is 50.2 Å². The average Bonchev–Trinajstić information content (AvgIpc) is 2.73. The number of halogens is 1. The lowest BCUT2D eigenvalue weighted by Crippen LogP contribution is -2.33. The number of hydrogen-bond acceptors (Lipinski definition) is 6. The fourth-order valence-electron chi connectivity index (χ4n) is 3.48. The largest absolute Gasteiger partial charge is 0.381 e. The molecule has 1 saturated carbocycles. The number of anilines is 2. The number of nitrogens with one attached hydrogen (secondary N) is 3. The molecule has 0 unspecified atom stereocenters. The van der Waals surface area contributed by atoms with Gasteiger partial charge in [-0.25, -0.2) is 9.37 Å². The van der Waals surface area contributed by atoms with Gasteiger partial charge in [0, 0.05) is 19.1 Å². The molecule has 1 fully saturated rings. The topological polar surface area (TPSA) is 87.9 Å². The van der Waals surface area contributed by atoms with Crippen LogP contribution in [0.1, 0.15) is 49.7 Å². The van der Waals surface area contributed by atoms with Crippen LogP contribution in [0.3, 0.4) is 0 Å². The maximum atomic E-state index is 13.1. The Kier molecular flexibility index (Phi) is 7.99. The Balaban J connectivity index is 1.30. The number of hydrogen-bond donors (Lipinski definition) is 4. The van der Waals surface area contributed by atoms with E-state index in [0.717, 1.165) is 43.9 Å². The van der Waals surface area contributed by atoms with Gasteiger partial charge in [-0.2, -0.15) is 4.98 Å². The molecular formula is C21H31FN6. The van der Waals surface area contributed by atoms with Crippen molar-refractivity contribution in [3.05, 3.63) is 47.4 Å². The standard InChI is InChI=1S/C21H31FN6/c22-19-15-27-21(28-20(19)23)26-14-17-9-7-16(8-10-17)13-24-11-4-12-25-18-5-2-1-3-6-18/h7-10,15,18,24-25H,1-6,11-14H2,(H3,23,26,27,28). The van der Waals surface area contributed by atoms with Crippen molar-refractivity contribution in [2.24, 2.45) is 0 Å². The minimum atomic E-state index is -0.604. The molecule has 0 atom stereocenters. The van der Waals surface area contributed by atoms with E-state index >= 15 is 0 Å². The van der Waals surface area contributed by atoms with Crippen molar-refractivity contribution in [2.75, 3.05) is 24.1 Å². The molecular weight excluding hydrogens is 355 g/mol. The summed E-state index contributed by atoms with van der Waals surface area (Å²) in [4.78, 5) is 7.74. The highest BCUT2D eigenvalue weighted by atomic mass is 19.1. The van der Waals surface area contributed by atoms with E-state index in [9.17, 15) is 4.39 Å². The predicted molar refractivity (Wildman–Crippen MR) is 111 cm³/mol. The summed E-state index contributed by atoms with van der Waals surface area (Å²) < 4.78 is 13.1. The molecule has 2 aromatic rings. The number of rotatable bonds is 10. The molecule has 1 heterocycles. The molecule has 0 amide bonds. The Bertz CT molecular complexity index is 715. The molecule has 1 aliphatic carbocycles. The Morgan fingerprint density at radius 3 is 2.43 bits per heavy atom. The molecule has 1 aromatic heterocycles. The van der Waals surface area contributed by atoms with Gasteiger partial charge in [-0.05, 0) is 43.5 Å². The molecule has 0 bridgehead atoms. The molecule has 7 heteroatoms. The highest BCUT2D eigenvalue weighted by molar-refractivity contribution is 5.37. The smallest absolute Gasteiger partial charge is 0.225 e. The van der Waals surface area contributed by atoms with Gasteiger partial charge in [-0.1, -0.05) is 43.5 Å². The Morgan fingerprint density at radius 1 is 1.00 bits per heavy atom. The van der Waals surface area contributed by atoms with Crippen LogP contribution in [0.2, 0.25) is 0 Å². The van der Waals surface area contributed by atoms with Crippen LogP contribution < -0.4 is 21.7 Å². The van der Waals surface area contributed by atoms with E-state index in [1.807, 2.05) is 0 Å². The fraction of sp³-hybridized carbons (Fsp3) is 0.524. The SMILES string of the molecule is Nc1nc(NCc2ccc(CNCCCNC3CCCCC3)cc2)ncc1F. The second kappa shape index (κ2) is 10.9. The summed E-state index contributed by atoms with van der Waals surface area (Å²) in [6.45, 7) is 3.55. The number of nitrogens with zero attached hydrogens (tertiary/aromatic N) is 2. The number of benzene rings is 1. The lowest BCUT2D eigenvalue weighted by Gasteiger charge is -2.22. The molecule has 0 aliphatic heterocycles. The molecule has 5 N–H and O–H groups in total. The molecule has 152 valence electrons. The summed E-state index contributed by atoms with van der Waals surface area (Å²) in [5.41, 5.74) is 7.81. The van der Waals surface area contributed by atoms with Gasteiger partial charge in [0.1, 0.15) is 0 Å². The van der Waals surface area contributed by atoms with Crippen LogP contribution in [-0.2, 0) is 13.1 Å². The van der Waals surface area contributed by atoms with Crippen molar-refractivity contribution in [1.82, 2.24) is 20.6 Å². The van der Waals surface area contributed by atoms with E-state index in [-0.39, 0.29) is 5.82 Å². The zero-order valence-electron chi connectivity index (χ0n) is 16.4. The zero-order chi connectivity index (χ0) is 19.6. The first-order chi connectivity index (χ1) is 13.7. The quantitative estimate of drug-likeness (QED) is 0.469. The van der Waals surface area contributed by atoms with Gasteiger partial charge in [0.05, 0.1) is 6.20 Å². The first-order valence-corrected chi connectivity index (χ1v) is 10.2. The van der Waals surface area contributed by atoms with Gasteiger partial charge in [0.25, 0.3) is 0 Å². The predicted octanol–water partition coefficient (Wildman–Crippen LogP) is 3.21. The van der Waals surface area contributed by atoms with E-state index in [0.29, 0.717) is 12.5 Å². The lowest BCUT2D eigenvalue weighted by atomic mass is 9.95. The van der Waals surface area contributed by atoms with Crippen molar-refractivity contribution in [3.63, 3.8) is 0 Å². The molecule has 1 aliphatic rings. The Morgan fingerprint density at radius 2 is 1.71 bits per heavy atom. The fourth-order valence-corrected chi connectivity index (χ4v) is 3.48. The van der Waals surface area contributed by atoms with Crippen molar-refractivity contribution < 1.29 is 4.39 Å². The van der Waals surface area contributed by atoms with E-state index in [1.54, 1.807) is 0 Å². The van der Waals surface area contributed by atoms with Crippen LogP contribution in [0.4, 0.5) is 16.2 Å². The molecule has 6 nitrogen and oxygen atoms in total. The monoisotopic (exact) mass is 386 g/mol. The van der Waals surface area contributed by atoms with Crippen molar-refractivity contribution in [3.8, 4) is 0 Å². The summed E-state index contributed by atoms with van der Waals surface area (Å²) in [5.74, 6) is -0.425. The molecule has 3 rings (SSSR count). The van der Waals surface area contributed by atoms with Crippen LogP contribution in [0.5, 0.6) is 0 Å². The minimum Gasteiger partial charge on any atom is -0.381 e. The van der Waals surface area contributed by atoms with Gasteiger partial charge < -0.3 is 21.7 Å². The van der Waals surface area contributed by atoms with Gasteiger partial charge >= 0.3 is 0 Å². The first-order valence-electron chi connectivity index (χ1n) is 10.2. The normalized spacial score (nSPS) is 14.9. The third-order valence-corrected chi connectivity index (χ3v) is 5.14. The summed E-state index contributed by atoms with van der Waals surface area (Å²) in [5, 5.41) is 10.2. The van der Waals surface area contributed by atoms with Gasteiger partial charge in [0.2, 0.25) is 5.95 Å². The van der Waals surface area contributed by atoms with Crippen LogP contribution >= 0.6 is 0 Å². The van der Waals surface area contributed by atoms with Crippen molar-refractivity contribution in [2.45, 2.75) is 57.7 Å². The van der Waals surface area contributed by atoms with Crippen LogP contribution in [0.25, 0.3) is 0 Å². The van der Waals surface area contributed by atoms with E-state index in [4.69, 9.17) is 5.73 Å². The third kappa shape index (κ3) is 6.73. The summed E-state index contributed by atoms with van der Waals surface area (Å²) in [7, 11) is 0. The maximum absolute atomic E-state index is 13.1. The molecule has 0 spiro atoms. The Labute approximate surface area is 166 Å². The Hall–Kier alpha value is -2.25. The molecule has 1 aromatic carbocycles. The highest BCUT2D eigenvalue weighted by Gasteiger charge is 2.11. The van der Waals surface area contributed by atoms with Crippen molar-refractivity contribution >= 4 is 11.8 Å². The maximum Gasteiger partial charge on any atom is 0.225 e. The minimum absolute atomic E-state index is 0.145. The van der Waals surface area contributed by atoms with Crippen LogP contribution in [0.15, 0.2) is 30.5 Å². The molecule has 0 radical (unpaired) electrons. The van der Waals surface area contributed by atoms with Gasteiger partial charge in [0.15, 0.2) is 11.6 Å². The summed E-state index contributed by atoms with van der Waals surface area (Å²) in [6.07, 6.45) is 9.08. The number of aromatic nitrogens is 2. The zero-order valence-corrected chi connectivity index (χ0v) is 16.4. The molecule has 0 saturated heterocycles. The number of nitrogen functional groups attached to an aromatic ring is 1. The average molecular weight is 387 g/mol. The summed E-state index contributed by atoms with van der Waals surface area (Å²) in [6, 6.07) is 9.11.